The van der Waals surface area contributed by atoms with Crippen LogP contribution in [-0.4, -0.2) is 17.8 Å². The molecule has 106 valence electrons. The number of rotatable bonds is 6. The van der Waals surface area contributed by atoms with Gasteiger partial charge < -0.3 is 4.74 Å². The molecule has 0 saturated heterocycles. The van der Waals surface area contributed by atoms with E-state index < -0.39 is 0 Å². The average molecular weight is 289 g/mol. The van der Waals surface area contributed by atoms with Crippen molar-refractivity contribution < 1.29 is 4.74 Å². The Labute approximate surface area is 123 Å². The van der Waals surface area contributed by atoms with Crippen LogP contribution in [0.4, 0.5) is 0 Å². The van der Waals surface area contributed by atoms with Crippen LogP contribution in [0.1, 0.15) is 24.2 Å². The Balaban J connectivity index is 2.31. The summed E-state index contributed by atoms with van der Waals surface area (Å²) in [6, 6.07) is 11.9. The molecule has 1 atom stereocenters. The quantitative estimate of drug-likeness (QED) is 0.486. The predicted octanol–water partition coefficient (Wildman–Crippen LogP) is 2.75. The van der Waals surface area contributed by atoms with Crippen molar-refractivity contribution in [1.82, 2.24) is 10.4 Å². The maximum atomic E-state index is 5.71. The van der Waals surface area contributed by atoms with Gasteiger partial charge >= 0.3 is 0 Å². The number of nitrogens with one attached hydrogen (secondary N) is 1. The van der Waals surface area contributed by atoms with E-state index in [0.29, 0.717) is 0 Å². The minimum absolute atomic E-state index is 0.188. The fraction of sp³-hybridized carbons (Fsp3) is 0.267. The van der Waals surface area contributed by atoms with Gasteiger partial charge in [-0.25, -0.2) is 5.43 Å². The highest BCUT2D eigenvalue weighted by Gasteiger charge is 2.18. The largest absolute Gasteiger partial charge is 0.495 e. The lowest BCUT2D eigenvalue weighted by Crippen LogP contribution is -2.29. The van der Waals surface area contributed by atoms with E-state index in [1.165, 1.54) is 4.90 Å². The summed E-state index contributed by atoms with van der Waals surface area (Å²) in [4.78, 5) is 5.63. The van der Waals surface area contributed by atoms with Crippen molar-refractivity contribution in [3.63, 3.8) is 0 Å². The summed E-state index contributed by atoms with van der Waals surface area (Å²) in [6.45, 7) is 2.14. The van der Waals surface area contributed by atoms with E-state index in [9.17, 15) is 0 Å². The van der Waals surface area contributed by atoms with Crippen molar-refractivity contribution in [2.75, 3.05) is 12.9 Å². The molecule has 0 aliphatic rings. The summed E-state index contributed by atoms with van der Waals surface area (Å²) < 4.78 is 5.35. The molecule has 0 aliphatic heterocycles. The second kappa shape index (κ2) is 7.28. The van der Waals surface area contributed by atoms with Gasteiger partial charge in [0.1, 0.15) is 11.4 Å². The molecular weight excluding hydrogens is 270 g/mol. The molecule has 1 heterocycles. The highest BCUT2D eigenvalue weighted by Crippen LogP contribution is 2.28. The molecule has 20 heavy (non-hydrogen) atoms. The number of aromatic nitrogens is 1. The summed E-state index contributed by atoms with van der Waals surface area (Å²) in [7, 11) is 1.63. The molecule has 1 aromatic carbocycles. The number of hydrogen-bond donors (Lipinski definition) is 2. The molecule has 0 bridgehead atoms. The normalized spacial score (nSPS) is 12.2. The van der Waals surface area contributed by atoms with Crippen LogP contribution in [0.25, 0.3) is 0 Å². The Kier molecular flexibility index (Phi) is 5.40. The Hall–Kier alpha value is -1.56. The van der Waals surface area contributed by atoms with Gasteiger partial charge in [-0.2, -0.15) is 0 Å². The van der Waals surface area contributed by atoms with Crippen molar-refractivity contribution in [2.45, 2.75) is 17.9 Å². The number of ether oxygens (including phenoxy) is 1. The summed E-state index contributed by atoms with van der Waals surface area (Å²) >= 11 is 1.81. The molecule has 5 heteroatoms. The number of pyridine rings is 1. The minimum atomic E-state index is -0.188. The second-order valence-electron chi connectivity index (χ2n) is 4.19. The highest BCUT2D eigenvalue weighted by molar-refractivity contribution is 7.99. The molecule has 2 aromatic rings. The van der Waals surface area contributed by atoms with Crippen molar-refractivity contribution in [3.05, 3.63) is 53.9 Å². The maximum absolute atomic E-state index is 5.71. The van der Waals surface area contributed by atoms with Gasteiger partial charge in [0, 0.05) is 11.1 Å². The number of nitrogens with two attached hydrogens (primary N) is 1. The van der Waals surface area contributed by atoms with Gasteiger partial charge in [0.2, 0.25) is 0 Å². The average Bonchev–Trinajstić information content (AvgIpc) is 2.50. The van der Waals surface area contributed by atoms with E-state index in [1.54, 1.807) is 13.3 Å². The minimum Gasteiger partial charge on any atom is -0.495 e. The van der Waals surface area contributed by atoms with Crippen LogP contribution in [0.5, 0.6) is 5.75 Å². The Morgan fingerprint density at radius 2 is 2.05 bits per heavy atom. The van der Waals surface area contributed by atoms with E-state index in [0.717, 1.165) is 22.8 Å². The van der Waals surface area contributed by atoms with Crippen molar-refractivity contribution in [2.24, 2.45) is 5.84 Å². The van der Waals surface area contributed by atoms with Gasteiger partial charge in [0.15, 0.2) is 0 Å². The van der Waals surface area contributed by atoms with Crippen LogP contribution < -0.4 is 16.0 Å². The molecule has 0 aliphatic carbocycles. The molecule has 0 radical (unpaired) electrons. The Morgan fingerprint density at radius 3 is 2.65 bits per heavy atom. The lowest BCUT2D eigenvalue weighted by atomic mass is 10.0. The first-order valence-electron chi connectivity index (χ1n) is 6.48. The highest BCUT2D eigenvalue weighted by atomic mass is 32.2. The van der Waals surface area contributed by atoms with Gasteiger partial charge in [-0.3, -0.25) is 10.8 Å². The van der Waals surface area contributed by atoms with Crippen LogP contribution in [0.3, 0.4) is 0 Å². The standard InChI is InChI=1S/C15H19N3OS/c1-3-20-12-8-6-11(7-9-12)14(18-16)15-13(19-2)5-4-10-17-15/h4-10,14,18H,3,16H2,1-2H3. The molecule has 2 rings (SSSR count). The van der Waals surface area contributed by atoms with Gasteiger partial charge in [-0.05, 0) is 35.6 Å². The van der Waals surface area contributed by atoms with E-state index in [2.05, 4.69) is 41.6 Å². The summed E-state index contributed by atoms with van der Waals surface area (Å²) in [5.74, 6) is 7.49. The first-order valence-corrected chi connectivity index (χ1v) is 7.46. The molecule has 3 N–H and O–H groups in total. The van der Waals surface area contributed by atoms with Gasteiger partial charge in [0.25, 0.3) is 0 Å². The number of hydrazine groups is 1. The molecule has 4 nitrogen and oxygen atoms in total. The number of thioether (sulfide) groups is 1. The molecule has 1 unspecified atom stereocenters. The molecule has 0 spiro atoms. The maximum Gasteiger partial charge on any atom is 0.142 e. The fourth-order valence-electron chi connectivity index (χ4n) is 2.05. The summed E-state index contributed by atoms with van der Waals surface area (Å²) in [6.07, 6.45) is 1.74. The van der Waals surface area contributed by atoms with Gasteiger partial charge in [-0.1, -0.05) is 19.1 Å². The molecule has 1 aromatic heterocycles. The zero-order chi connectivity index (χ0) is 14.4. The molecule has 0 fully saturated rings. The fourth-order valence-corrected chi connectivity index (χ4v) is 2.71. The van der Waals surface area contributed by atoms with Crippen LogP contribution in [0.2, 0.25) is 0 Å². The Morgan fingerprint density at radius 1 is 1.30 bits per heavy atom. The number of methoxy groups -OCH3 is 1. The van der Waals surface area contributed by atoms with Crippen LogP contribution >= 0.6 is 11.8 Å². The predicted molar refractivity (Wildman–Crippen MR) is 82.8 cm³/mol. The zero-order valence-corrected chi connectivity index (χ0v) is 12.5. The topological polar surface area (TPSA) is 60.2 Å². The number of benzene rings is 1. The van der Waals surface area contributed by atoms with Crippen LogP contribution in [0, 0.1) is 0 Å². The SMILES string of the molecule is CCSc1ccc(C(NN)c2ncccc2OC)cc1. The van der Waals surface area contributed by atoms with E-state index in [4.69, 9.17) is 10.6 Å². The van der Waals surface area contributed by atoms with E-state index in [-0.39, 0.29) is 6.04 Å². The first-order chi connectivity index (χ1) is 9.80. The van der Waals surface area contributed by atoms with E-state index in [1.807, 2.05) is 23.9 Å². The second-order valence-corrected chi connectivity index (χ2v) is 5.53. The first kappa shape index (κ1) is 14.8. The smallest absolute Gasteiger partial charge is 0.142 e. The number of nitrogens with zero attached hydrogens (tertiary/aromatic N) is 1. The van der Waals surface area contributed by atoms with Crippen LogP contribution in [0.15, 0.2) is 47.5 Å². The summed E-state index contributed by atoms with van der Waals surface area (Å²) in [5, 5.41) is 0. The monoisotopic (exact) mass is 289 g/mol. The third-order valence-corrected chi connectivity index (χ3v) is 3.88. The number of hydrogen-bond acceptors (Lipinski definition) is 5. The third kappa shape index (κ3) is 3.30. The van der Waals surface area contributed by atoms with Gasteiger partial charge in [0.05, 0.1) is 13.2 Å². The lowest BCUT2D eigenvalue weighted by molar-refractivity contribution is 0.400. The van der Waals surface area contributed by atoms with Gasteiger partial charge in [-0.15, -0.1) is 11.8 Å². The molecule has 0 saturated carbocycles. The van der Waals surface area contributed by atoms with E-state index >= 15 is 0 Å². The van der Waals surface area contributed by atoms with Crippen molar-refractivity contribution >= 4 is 11.8 Å². The third-order valence-electron chi connectivity index (χ3n) is 2.98. The lowest BCUT2D eigenvalue weighted by Gasteiger charge is -2.18. The van der Waals surface area contributed by atoms with Crippen molar-refractivity contribution in [1.29, 1.82) is 0 Å². The zero-order valence-electron chi connectivity index (χ0n) is 11.7. The van der Waals surface area contributed by atoms with Crippen LogP contribution in [-0.2, 0) is 0 Å². The molecule has 0 amide bonds. The Bertz CT molecular complexity index is 545. The summed E-state index contributed by atoms with van der Waals surface area (Å²) in [5.41, 5.74) is 4.66. The van der Waals surface area contributed by atoms with Crippen molar-refractivity contribution in [3.8, 4) is 5.75 Å². The molecular formula is C15H19N3OS.